The van der Waals surface area contributed by atoms with E-state index >= 15 is 0 Å². The standard InChI is InChI=1S/C17H25NO4S/c1-10-12(7-14(19)20)6-13(11(2)16(10)23)8-18-9-15(21)22-17(3,4)5/h6,18,23H,7-9H2,1-5H3,(H,19,20). The Kier molecular flexibility index (Phi) is 6.65. The number of nitrogens with one attached hydrogen (secondary N) is 1. The molecule has 0 amide bonds. The monoisotopic (exact) mass is 339 g/mol. The molecule has 1 aromatic carbocycles. The molecule has 0 bridgehead atoms. The van der Waals surface area contributed by atoms with Crippen LogP contribution in [0.5, 0.6) is 0 Å². The summed E-state index contributed by atoms with van der Waals surface area (Å²) in [6.45, 7) is 9.81. The molecule has 128 valence electrons. The molecular weight excluding hydrogens is 314 g/mol. The summed E-state index contributed by atoms with van der Waals surface area (Å²) in [5.41, 5.74) is 3.02. The van der Waals surface area contributed by atoms with Gasteiger partial charge in [-0.1, -0.05) is 6.07 Å². The molecule has 1 aromatic rings. The minimum atomic E-state index is -0.877. The second-order valence-corrected chi connectivity index (χ2v) is 7.00. The van der Waals surface area contributed by atoms with Crippen molar-refractivity contribution in [3.63, 3.8) is 0 Å². The quantitative estimate of drug-likeness (QED) is 0.549. The van der Waals surface area contributed by atoms with Gasteiger partial charge in [-0.3, -0.25) is 9.59 Å². The highest BCUT2D eigenvalue weighted by molar-refractivity contribution is 7.80. The molecule has 0 unspecified atom stereocenters. The number of hydrogen-bond donors (Lipinski definition) is 3. The van der Waals surface area contributed by atoms with E-state index < -0.39 is 11.6 Å². The first-order chi connectivity index (χ1) is 10.5. The molecule has 0 atom stereocenters. The van der Waals surface area contributed by atoms with Crippen LogP contribution in [-0.4, -0.2) is 29.2 Å². The van der Waals surface area contributed by atoms with Crippen molar-refractivity contribution in [1.82, 2.24) is 5.32 Å². The fraction of sp³-hybridized carbons (Fsp3) is 0.529. The van der Waals surface area contributed by atoms with Crippen molar-refractivity contribution in [2.45, 2.75) is 58.1 Å². The smallest absolute Gasteiger partial charge is 0.320 e. The molecule has 0 aromatic heterocycles. The molecule has 0 saturated carbocycles. The van der Waals surface area contributed by atoms with E-state index in [1.807, 2.05) is 40.7 Å². The summed E-state index contributed by atoms with van der Waals surface area (Å²) in [4.78, 5) is 23.4. The lowest BCUT2D eigenvalue weighted by atomic mass is 9.97. The molecule has 0 aliphatic heterocycles. The van der Waals surface area contributed by atoms with Gasteiger partial charge in [0, 0.05) is 11.4 Å². The average molecular weight is 339 g/mol. The van der Waals surface area contributed by atoms with Crippen LogP contribution in [0, 0.1) is 13.8 Å². The Morgan fingerprint density at radius 2 is 1.78 bits per heavy atom. The Balaban J connectivity index is 2.79. The maximum atomic E-state index is 11.7. The zero-order chi connectivity index (χ0) is 17.8. The van der Waals surface area contributed by atoms with E-state index in [4.69, 9.17) is 9.84 Å². The first kappa shape index (κ1) is 19.5. The molecule has 0 aliphatic rings. The van der Waals surface area contributed by atoms with Crippen LogP contribution in [0.4, 0.5) is 0 Å². The largest absolute Gasteiger partial charge is 0.481 e. The molecule has 0 saturated heterocycles. The van der Waals surface area contributed by atoms with E-state index in [1.165, 1.54) is 0 Å². The minimum absolute atomic E-state index is 0.0429. The molecule has 2 N–H and O–H groups in total. The molecular formula is C17H25NO4S. The second-order valence-electron chi connectivity index (χ2n) is 6.55. The number of carboxylic acid groups (broad SMARTS) is 1. The van der Waals surface area contributed by atoms with E-state index in [2.05, 4.69) is 17.9 Å². The molecule has 5 nitrogen and oxygen atoms in total. The summed E-state index contributed by atoms with van der Waals surface area (Å²) in [5.74, 6) is -1.20. The van der Waals surface area contributed by atoms with Gasteiger partial charge < -0.3 is 15.2 Å². The highest BCUT2D eigenvalue weighted by atomic mass is 32.1. The summed E-state index contributed by atoms with van der Waals surface area (Å²) in [6, 6.07) is 1.86. The SMILES string of the molecule is Cc1c(CNCC(=O)OC(C)(C)C)cc(CC(=O)O)c(C)c1S. The van der Waals surface area contributed by atoms with Crippen LogP contribution in [0.15, 0.2) is 11.0 Å². The molecule has 0 fully saturated rings. The number of rotatable bonds is 6. The number of esters is 1. The van der Waals surface area contributed by atoms with Crippen molar-refractivity contribution in [2.24, 2.45) is 0 Å². The fourth-order valence-corrected chi connectivity index (χ4v) is 2.51. The van der Waals surface area contributed by atoms with Crippen LogP contribution >= 0.6 is 12.6 Å². The molecule has 1 rings (SSSR count). The van der Waals surface area contributed by atoms with Crippen molar-refractivity contribution in [2.75, 3.05) is 6.54 Å². The Labute approximate surface area is 142 Å². The van der Waals surface area contributed by atoms with Crippen molar-refractivity contribution in [1.29, 1.82) is 0 Å². The van der Waals surface area contributed by atoms with E-state index in [1.54, 1.807) is 0 Å². The third kappa shape index (κ3) is 6.23. The maximum absolute atomic E-state index is 11.7. The van der Waals surface area contributed by atoms with Gasteiger partial charge in [0.1, 0.15) is 5.60 Å². The number of carbonyl (C=O) groups is 2. The van der Waals surface area contributed by atoms with E-state index in [0.29, 0.717) is 6.54 Å². The van der Waals surface area contributed by atoms with Crippen LogP contribution in [0.25, 0.3) is 0 Å². The van der Waals surface area contributed by atoms with Gasteiger partial charge in [0.2, 0.25) is 0 Å². The summed E-state index contributed by atoms with van der Waals surface area (Å²) < 4.78 is 5.23. The predicted molar refractivity (Wildman–Crippen MR) is 92.1 cm³/mol. The van der Waals surface area contributed by atoms with Crippen molar-refractivity contribution in [3.05, 3.63) is 28.3 Å². The van der Waals surface area contributed by atoms with Crippen LogP contribution in [0.3, 0.4) is 0 Å². The maximum Gasteiger partial charge on any atom is 0.320 e. The highest BCUT2D eigenvalue weighted by Gasteiger charge is 2.16. The van der Waals surface area contributed by atoms with Gasteiger partial charge in [0.05, 0.1) is 13.0 Å². The van der Waals surface area contributed by atoms with E-state index in [-0.39, 0.29) is 18.9 Å². The lowest BCUT2D eigenvalue weighted by molar-refractivity contribution is -0.153. The number of ether oxygens (including phenoxy) is 1. The number of hydrogen-bond acceptors (Lipinski definition) is 5. The summed E-state index contributed by atoms with van der Waals surface area (Å²) in [7, 11) is 0. The number of carbonyl (C=O) groups excluding carboxylic acids is 1. The average Bonchev–Trinajstić information content (AvgIpc) is 2.38. The molecule has 6 heteroatoms. The fourth-order valence-electron chi connectivity index (χ4n) is 2.22. The van der Waals surface area contributed by atoms with Gasteiger partial charge in [-0.25, -0.2) is 0 Å². The molecule has 0 spiro atoms. The van der Waals surface area contributed by atoms with Crippen molar-refractivity contribution >= 4 is 24.6 Å². The molecule has 23 heavy (non-hydrogen) atoms. The van der Waals surface area contributed by atoms with Gasteiger partial charge >= 0.3 is 11.9 Å². The lowest BCUT2D eigenvalue weighted by Gasteiger charge is -2.20. The van der Waals surface area contributed by atoms with Crippen molar-refractivity contribution < 1.29 is 19.4 Å². The Morgan fingerprint density at radius 1 is 1.22 bits per heavy atom. The first-order valence-electron chi connectivity index (χ1n) is 7.46. The first-order valence-corrected chi connectivity index (χ1v) is 7.91. The summed E-state index contributed by atoms with van der Waals surface area (Å²) in [5, 5.41) is 12.0. The zero-order valence-corrected chi connectivity index (χ0v) is 15.2. The number of thiol groups is 1. The van der Waals surface area contributed by atoms with Gasteiger partial charge in [0.15, 0.2) is 0 Å². The van der Waals surface area contributed by atoms with Gasteiger partial charge in [-0.2, -0.15) is 0 Å². The van der Waals surface area contributed by atoms with Crippen LogP contribution in [0.2, 0.25) is 0 Å². The van der Waals surface area contributed by atoms with Crippen LogP contribution < -0.4 is 5.32 Å². The van der Waals surface area contributed by atoms with Gasteiger partial charge in [-0.05, 0) is 56.9 Å². The Morgan fingerprint density at radius 3 is 2.30 bits per heavy atom. The predicted octanol–water partition coefficient (Wildman–Crippen LogP) is 2.65. The molecule has 0 heterocycles. The third-order valence-electron chi connectivity index (χ3n) is 3.37. The van der Waals surface area contributed by atoms with E-state index in [0.717, 1.165) is 27.1 Å². The Bertz CT molecular complexity index is 606. The topological polar surface area (TPSA) is 75.6 Å². The van der Waals surface area contributed by atoms with E-state index in [9.17, 15) is 9.59 Å². The normalized spacial score (nSPS) is 11.4. The van der Waals surface area contributed by atoms with Crippen LogP contribution in [-0.2, 0) is 27.3 Å². The third-order valence-corrected chi connectivity index (χ3v) is 4.04. The van der Waals surface area contributed by atoms with Gasteiger partial charge in [0.25, 0.3) is 0 Å². The number of aliphatic carboxylic acids is 1. The summed E-state index contributed by atoms with van der Waals surface area (Å²) in [6.07, 6.45) is -0.0429. The summed E-state index contributed by atoms with van der Waals surface area (Å²) >= 11 is 4.48. The minimum Gasteiger partial charge on any atom is -0.481 e. The molecule has 0 aliphatic carbocycles. The Hall–Kier alpha value is -1.53. The van der Waals surface area contributed by atoms with Gasteiger partial charge in [-0.15, -0.1) is 12.6 Å². The van der Waals surface area contributed by atoms with Crippen molar-refractivity contribution in [3.8, 4) is 0 Å². The molecule has 0 radical (unpaired) electrons. The lowest BCUT2D eigenvalue weighted by Crippen LogP contribution is -2.31. The highest BCUT2D eigenvalue weighted by Crippen LogP contribution is 2.26. The zero-order valence-electron chi connectivity index (χ0n) is 14.3. The number of benzene rings is 1. The second kappa shape index (κ2) is 7.84. The number of carboxylic acids is 1. The van der Waals surface area contributed by atoms with Crippen LogP contribution in [0.1, 0.15) is 43.0 Å².